The van der Waals surface area contributed by atoms with E-state index in [4.69, 9.17) is 4.74 Å². The van der Waals surface area contributed by atoms with E-state index in [1.54, 1.807) is 6.08 Å². The van der Waals surface area contributed by atoms with Crippen LogP contribution in [0.4, 0.5) is 0 Å². The molecular weight excluding hydrogens is 352 g/mol. The number of methoxy groups -OCH3 is 2. The van der Waals surface area contributed by atoms with Crippen molar-refractivity contribution in [3.8, 4) is 0 Å². The summed E-state index contributed by atoms with van der Waals surface area (Å²) in [6.07, 6.45) is 0.919. The van der Waals surface area contributed by atoms with Gasteiger partial charge < -0.3 is 14.2 Å². The average molecular weight is 367 g/mol. The Morgan fingerprint density at radius 2 is 2.00 bits per heavy atom. The summed E-state index contributed by atoms with van der Waals surface area (Å²) in [5.41, 5.74) is 1.02. The molecule has 0 aliphatic carbocycles. The molecule has 0 N–H and O–H groups in total. The van der Waals surface area contributed by atoms with Gasteiger partial charge in [0.25, 0.3) is 0 Å². The van der Waals surface area contributed by atoms with Gasteiger partial charge in [-0.3, -0.25) is 0 Å². The molecule has 22 heavy (non-hydrogen) atoms. The number of benzene rings is 1. The van der Waals surface area contributed by atoms with Gasteiger partial charge in [0.2, 0.25) is 5.76 Å². The van der Waals surface area contributed by atoms with Crippen LogP contribution in [0.2, 0.25) is 0 Å². The molecule has 0 saturated heterocycles. The molecule has 1 aromatic rings. The lowest BCUT2D eigenvalue weighted by atomic mass is 9.90. The first-order chi connectivity index (χ1) is 10.5. The highest BCUT2D eigenvalue weighted by Crippen LogP contribution is 2.37. The van der Waals surface area contributed by atoms with Gasteiger partial charge in [-0.15, -0.1) is 0 Å². The molecule has 116 valence electrons. The highest BCUT2D eigenvalue weighted by molar-refractivity contribution is 9.10. The van der Waals surface area contributed by atoms with Crippen molar-refractivity contribution in [1.82, 2.24) is 0 Å². The summed E-state index contributed by atoms with van der Waals surface area (Å²) in [6.45, 7) is 3.73. The molecule has 1 aliphatic heterocycles. The van der Waals surface area contributed by atoms with E-state index >= 15 is 0 Å². The molecule has 0 spiro atoms. The van der Waals surface area contributed by atoms with Crippen LogP contribution in [0.3, 0.4) is 0 Å². The number of hydrogen-bond donors (Lipinski definition) is 0. The molecule has 1 aliphatic rings. The Morgan fingerprint density at radius 1 is 1.27 bits per heavy atom. The van der Waals surface area contributed by atoms with E-state index < -0.39 is 18.0 Å². The second kappa shape index (κ2) is 6.79. The van der Waals surface area contributed by atoms with Crippen LogP contribution < -0.4 is 0 Å². The zero-order chi connectivity index (χ0) is 16.3. The zero-order valence-corrected chi connectivity index (χ0v) is 13.8. The first kappa shape index (κ1) is 16.3. The number of halogens is 1. The largest absolute Gasteiger partial charge is 0.477 e. The molecule has 2 rings (SSSR count). The van der Waals surface area contributed by atoms with Crippen LogP contribution in [0.5, 0.6) is 0 Å². The third-order valence-corrected chi connectivity index (χ3v) is 3.82. The molecule has 6 heteroatoms. The van der Waals surface area contributed by atoms with E-state index in [0.29, 0.717) is 0 Å². The number of rotatable bonds is 4. The Hall–Kier alpha value is -2.08. The molecule has 0 fully saturated rings. The summed E-state index contributed by atoms with van der Waals surface area (Å²) in [7, 11) is 2.54. The second-order valence-electron chi connectivity index (χ2n) is 4.66. The smallest absolute Gasteiger partial charge is 0.373 e. The van der Waals surface area contributed by atoms with Gasteiger partial charge in [0.05, 0.1) is 19.8 Å². The highest BCUT2D eigenvalue weighted by atomic mass is 79.9. The van der Waals surface area contributed by atoms with Crippen LogP contribution in [0, 0.1) is 0 Å². The minimum Gasteiger partial charge on any atom is -0.477 e. The summed E-state index contributed by atoms with van der Waals surface area (Å²) in [5.74, 6) is -1.45. The van der Waals surface area contributed by atoms with Crippen LogP contribution >= 0.6 is 15.9 Å². The Labute approximate surface area is 136 Å². The zero-order valence-electron chi connectivity index (χ0n) is 12.2. The van der Waals surface area contributed by atoms with Gasteiger partial charge in [0, 0.05) is 10.4 Å². The average Bonchev–Trinajstić information content (AvgIpc) is 2.97. The summed E-state index contributed by atoms with van der Waals surface area (Å²) in [6, 6.07) is 7.52. The van der Waals surface area contributed by atoms with Crippen molar-refractivity contribution in [2.24, 2.45) is 0 Å². The standard InChI is InChI=1S/C16H15BrO5/c1-9(15(18)20-2)14-12(8-13(22-14)16(19)21-3)10-5-4-6-11(17)7-10/h4-8,12,14H,1H2,2-3H3/t12-,14-/m1/s1. The Kier molecular flexibility index (Phi) is 5.03. The van der Waals surface area contributed by atoms with Crippen molar-refractivity contribution in [1.29, 1.82) is 0 Å². The lowest BCUT2D eigenvalue weighted by molar-refractivity contribution is -0.142. The van der Waals surface area contributed by atoms with Crippen molar-refractivity contribution in [3.63, 3.8) is 0 Å². The Balaban J connectivity index is 2.39. The van der Waals surface area contributed by atoms with Crippen molar-refractivity contribution in [2.45, 2.75) is 12.0 Å². The number of carbonyl (C=O) groups is 2. The number of hydrogen-bond acceptors (Lipinski definition) is 5. The second-order valence-corrected chi connectivity index (χ2v) is 5.57. The van der Waals surface area contributed by atoms with Crippen molar-refractivity contribution in [3.05, 3.63) is 58.3 Å². The van der Waals surface area contributed by atoms with Crippen LogP contribution in [0.1, 0.15) is 11.5 Å². The minimum absolute atomic E-state index is 0.0579. The predicted molar refractivity (Wildman–Crippen MR) is 83.0 cm³/mol. The van der Waals surface area contributed by atoms with E-state index in [2.05, 4.69) is 32.0 Å². The third-order valence-electron chi connectivity index (χ3n) is 3.32. The summed E-state index contributed by atoms with van der Waals surface area (Å²) in [5, 5.41) is 0. The van der Waals surface area contributed by atoms with E-state index in [-0.39, 0.29) is 17.3 Å². The van der Waals surface area contributed by atoms with E-state index in [9.17, 15) is 9.59 Å². The Bertz CT molecular complexity index is 650. The first-order valence-electron chi connectivity index (χ1n) is 6.47. The maximum absolute atomic E-state index is 11.7. The summed E-state index contributed by atoms with van der Waals surface area (Å²) in [4.78, 5) is 23.4. The van der Waals surface area contributed by atoms with Gasteiger partial charge >= 0.3 is 11.9 Å². The van der Waals surface area contributed by atoms with Gasteiger partial charge in [0.1, 0.15) is 6.10 Å². The quantitative estimate of drug-likeness (QED) is 0.605. The normalized spacial score (nSPS) is 19.9. The van der Waals surface area contributed by atoms with Crippen molar-refractivity contribution in [2.75, 3.05) is 14.2 Å². The molecule has 0 radical (unpaired) electrons. The third kappa shape index (κ3) is 3.22. The molecule has 1 heterocycles. The summed E-state index contributed by atoms with van der Waals surface area (Å²) >= 11 is 3.40. The number of esters is 2. The Morgan fingerprint density at radius 3 is 2.59 bits per heavy atom. The van der Waals surface area contributed by atoms with Crippen LogP contribution in [-0.2, 0) is 23.8 Å². The van der Waals surface area contributed by atoms with Crippen LogP contribution in [0.15, 0.2) is 52.7 Å². The molecule has 0 bridgehead atoms. The fourth-order valence-electron chi connectivity index (χ4n) is 2.24. The molecule has 5 nitrogen and oxygen atoms in total. The molecule has 0 amide bonds. The lowest BCUT2D eigenvalue weighted by Gasteiger charge is -2.20. The van der Waals surface area contributed by atoms with Gasteiger partial charge in [0.15, 0.2) is 0 Å². The van der Waals surface area contributed by atoms with Gasteiger partial charge in [-0.05, 0) is 23.8 Å². The van der Waals surface area contributed by atoms with Crippen molar-refractivity contribution >= 4 is 27.9 Å². The molecule has 2 atom stereocenters. The molecular formula is C16H15BrO5. The number of ether oxygens (including phenoxy) is 3. The van der Waals surface area contributed by atoms with Crippen LogP contribution in [-0.4, -0.2) is 32.3 Å². The predicted octanol–water partition coefficient (Wildman–Crippen LogP) is 2.72. The SMILES string of the molecule is C=C(C(=O)OC)[C@H]1OC(C(=O)OC)=C[C@@H]1c1cccc(Br)c1. The maximum Gasteiger partial charge on any atom is 0.373 e. The van der Waals surface area contributed by atoms with E-state index in [1.807, 2.05) is 24.3 Å². The fraction of sp³-hybridized carbons (Fsp3) is 0.250. The first-order valence-corrected chi connectivity index (χ1v) is 7.26. The van der Waals surface area contributed by atoms with Crippen LogP contribution in [0.25, 0.3) is 0 Å². The molecule has 0 unspecified atom stereocenters. The monoisotopic (exact) mass is 366 g/mol. The van der Waals surface area contributed by atoms with E-state index in [1.165, 1.54) is 14.2 Å². The van der Waals surface area contributed by atoms with E-state index in [0.717, 1.165) is 10.0 Å². The molecule has 1 aromatic carbocycles. The molecule has 0 aromatic heterocycles. The topological polar surface area (TPSA) is 61.8 Å². The summed E-state index contributed by atoms with van der Waals surface area (Å²) < 4.78 is 15.8. The van der Waals surface area contributed by atoms with Crippen molar-refractivity contribution < 1.29 is 23.8 Å². The highest BCUT2D eigenvalue weighted by Gasteiger charge is 2.38. The maximum atomic E-state index is 11.7. The number of carbonyl (C=O) groups excluding carboxylic acids is 2. The fourth-order valence-corrected chi connectivity index (χ4v) is 2.65. The van der Waals surface area contributed by atoms with Gasteiger partial charge in [-0.25, -0.2) is 9.59 Å². The van der Waals surface area contributed by atoms with Gasteiger partial charge in [-0.2, -0.15) is 0 Å². The lowest BCUT2D eigenvalue weighted by Crippen LogP contribution is -2.24. The molecule has 0 saturated carbocycles. The van der Waals surface area contributed by atoms with Gasteiger partial charge in [-0.1, -0.05) is 34.6 Å². The minimum atomic E-state index is -0.712.